The van der Waals surface area contributed by atoms with Gasteiger partial charge in [-0.1, -0.05) is 11.6 Å². The summed E-state index contributed by atoms with van der Waals surface area (Å²) in [4.78, 5) is 11.9. The Balaban J connectivity index is 2.10. The smallest absolute Gasteiger partial charge is 0.271 e. The summed E-state index contributed by atoms with van der Waals surface area (Å²) >= 11 is 7.93. The number of hydrogen-bond acceptors (Lipinski definition) is 4. The topological polar surface area (TPSA) is 59.9 Å². The number of ether oxygens (including phenoxy) is 2. The number of halogens is 2. The third-order valence-electron chi connectivity index (χ3n) is 2.94. The number of nitrogens with zero attached hydrogens (tertiary/aromatic N) is 1. The summed E-state index contributed by atoms with van der Waals surface area (Å²) < 4.78 is 11.4. The number of amides is 1. The van der Waals surface area contributed by atoms with Crippen molar-refractivity contribution in [3.63, 3.8) is 0 Å². The van der Waals surface area contributed by atoms with E-state index in [1.54, 1.807) is 44.6 Å². The van der Waals surface area contributed by atoms with E-state index < -0.39 is 0 Å². The Morgan fingerprint density at radius 2 is 1.91 bits per heavy atom. The minimum atomic E-state index is -0.312. The lowest BCUT2D eigenvalue weighted by molar-refractivity contribution is 0.0955. The van der Waals surface area contributed by atoms with Crippen LogP contribution >= 0.6 is 34.2 Å². The van der Waals surface area contributed by atoms with Gasteiger partial charge in [-0.3, -0.25) is 4.79 Å². The number of hydrogen-bond donors (Lipinski definition) is 1. The van der Waals surface area contributed by atoms with Gasteiger partial charge in [0.05, 0.1) is 24.0 Å². The molecule has 7 heteroatoms. The third kappa shape index (κ3) is 4.59. The zero-order chi connectivity index (χ0) is 16.8. The average molecular weight is 445 g/mol. The molecule has 0 fully saturated rings. The number of hydrazone groups is 1. The van der Waals surface area contributed by atoms with Crippen LogP contribution < -0.4 is 14.9 Å². The largest absolute Gasteiger partial charge is 0.493 e. The van der Waals surface area contributed by atoms with E-state index in [9.17, 15) is 4.79 Å². The Bertz CT molecular complexity index is 733. The van der Waals surface area contributed by atoms with Crippen LogP contribution in [0.15, 0.2) is 41.5 Å². The van der Waals surface area contributed by atoms with Crippen LogP contribution in [0.2, 0.25) is 5.02 Å². The summed E-state index contributed by atoms with van der Waals surface area (Å²) in [6, 6.07) is 10.2. The van der Waals surface area contributed by atoms with E-state index in [2.05, 4.69) is 33.1 Å². The van der Waals surface area contributed by atoms with Crippen LogP contribution in [0.25, 0.3) is 0 Å². The number of methoxy groups -OCH3 is 2. The van der Waals surface area contributed by atoms with E-state index in [1.165, 1.54) is 6.21 Å². The van der Waals surface area contributed by atoms with Gasteiger partial charge in [0.1, 0.15) is 0 Å². The molecule has 2 rings (SSSR count). The summed E-state index contributed by atoms with van der Waals surface area (Å²) in [6.45, 7) is 0. The third-order valence-corrected chi connectivity index (χ3v) is 4.00. The molecule has 0 saturated carbocycles. The van der Waals surface area contributed by atoms with Gasteiger partial charge < -0.3 is 9.47 Å². The molecule has 0 aromatic heterocycles. The first-order valence-corrected chi connectivity index (χ1v) is 8.01. The van der Waals surface area contributed by atoms with Crippen molar-refractivity contribution in [3.8, 4) is 11.5 Å². The second kappa shape index (κ2) is 8.16. The number of nitrogens with one attached hydrogen (secondary N) is 1. The monoisotopic (exact) mass is 444 g/mol. The quantitative estimate of drug-likeness (QED) is 0.434. The van der Waals surface area contributed by atoms with Gasteiger partial charge >= 0.3 is 0 Å². The van der Waals surface area contributed by atoms with E-state index in [-0.39, 0.29) is 5.91 Å². The fourth-order valence-corrected chi connectivity index (χ4v) is 2.82. The van der Waals surface area contributed by atoms with Gasteiger partial charge in [-0.2, -0.15) is 5.10 Å². The van der Waals surface area contributed by atoms with Crippen molar-refractivity contribution in [2.24, 2.45) is 5.10 Å². The highest BCUT2D eigenvalue weighted by Gasteiger charge is 2.09. The van der Waals surface area contributed by atoms with Gasteiger partial charge in [-0.25, -0.2) is 5.43 Å². The Kier molecular flexibility index (Phi) is 6.23. The molecule has 1 N–H and O–H groups in total. The van der Waals surface area contributed by atoms with E-state index in [0.29, 0.717) is 22.1 Å². The molecule has 0 bridgehead atoms. The van der Waals surface area contributed by atoms with Crippen LogP contribution in [0.5, 0.6) is 11.5 Å². The van der Waals surface area contributed by atoms with Gasteiger partial charge in [0.25, 0.3) is 5.91 Å². The molecule has 0 radical (unpaired) electrons. The second-order valence-corrected chi connectivity index (χ2v) is 6.04. The fraction of sp³-hybridized carbons (Fsp3) is 0.125. The molecule has 2 aromatic carbocycles. The minimum Gasteiger partial charge on any atom is -0.493 e. The molecule has 23 heavy (non-hydrogen) atoms. The van der Waals surface area contributed by atoms with Crippen molar-refractivity contribution in [1.82, 2.24) is 5.43 Å². The molecule has 0 aliphatic heterocycles. The summed E-state index contributed by atoms with van der Waals surface area (Å²) in [6.07, 6.45) is 1.54. The van der Waals surface area contributed by atoms with Crippen LogP contribution in [0.4, 0.5) is 0 Å². The highest BCUT2D eigenvalue weighted by atomic mass is 127. The van der Waals surface area contributed by atoms with E-state index in [4.69, 9.17) is 21.1 Å². The normalized spacial score (nSPS) is 10.6. The Morgan fingerprint density at radius 3 is 2.52 bits per heavy atom. The van der Waals surface area contributed by atoms with E-state index >= 15 is 0 Å². The molecule has 0 unspecified atom stereocenters. The number of carbonyl (C=O) groups is 1. The summed E-state index contributed by atoms with van der Waals surface area (Å²) in [5.41, 5.74) is 3.73. The molecule has 0 saturated heterocycles. The van der Waals surface area contributed by atoms with Crippen molar-refractivity contribution < 1.29 is 14.3 Å². The summed E-state index contributed by atoms with van der Waals surface area (Å²) in [5, 5.41) is 4.53. The van der Waals surface area contributed by atoms with Crippen molar-refractivity contribution in [2.75, 3.05) is 14.2 Å². The Hall–Kier alpha value is -1.80. The maximum absolute atomic E-state index is 11.9. The zero-order valence-electron chi connectivity index (χ0n) is 12.5. The van der Waals surface area contributed by atoms with Gasteiger partial charge in [0.2, 0.25) is 0 Å². The van der Waals surface area contributed by atoms with Crippen LogP contribution in [0, 0.1) is 3.57 Å². The molecule has 2 aromatic rings. The van der Waals surface area contributed by atoms with Crippen LogP contribution in [-0.2, 0) is 0 Å². The lowest BCUT2D eigenvalue weighted by Crippen LogP contribution is -2.17. The first kappa shape index (κ1) is 17.6. The van der Waals surface area contributed by atoms with Crippen molar-refractivity contribution in [1.29, 1.82) is 0 Å². The highest BCUT2D eigenvalue weighted by molar-refractivity contribution is 14.1. The highest BCUT2D eigenvalue weighted by Crippen LogP contribution is 2.32. The van der Waals surface area contributed by atoms with Gasteiger partial charge in [0.15, 0.2) is 11.5 Å². The number of benzene rings is 2. The molecule has 0 aliphatic carbocycles. The molecule has 0 heterocycles. The van der Waals surface area contributed by atoms with Crippen molar-refractivity contribution in [3.05, 3.63) is 56.1 Å². The predicted molar refractivity (Wildman–Crippen MR) is 98.8 cm³/mol. The molecule has 120 valence electrons. The van der Waals surface area contributed by atoms with Crippen LogP contribution in [0.3, 0.4) is 0 Å². The summed E-state index contributed by atoms with van der Waals surface area (Å²) in [5.74, 6) is 0.952. The second-order valence-electron chi connectivity index (χ2n) is 4.44. The molecule has 0 aliphatic rings. The SMILES string of the molecule is COc1cc(C=NNC(=O)c2ccc(Cl)cc2)cc(I)c1OC. The lowest BCUT2D eigenvalue weighted by Gasteiger charge is -2.10. The predicted octanol–water partition coefficient (Wildman–Crippen LogP) is 3.73. The maximum Gasteiger partial charge on any atom is 0.271 e. The van der Waals surface area contributed by atoms with Gasteiger partial charge in [-0.05, 0) is 64.6 Å². The Labute approximate surface area is 152 Å². The van der Waals surface area contributed by atoms with Crippen LogP contribution in [0.1, 0.15) is 15.9 Å². The molecular weight excluding hydrogens is 431 g/mol. The Morgan fingerprint density at radius 1 is 1.22 bits per heavy atom. The van der Waals surface area contributed by atoms with Gasteiger partial charge in [-0.15, -0.1) is 0 Å². The molecule has 1 amide bonds. The number of carbonyl (C=O) groups excluding carboxylic acids is 1. The lowest BCUT2D eigenvalue weighted by atomic mass is 10.2. The van der Waals surface area contributed by atoms with E-state index in [1.807, 2.05) is 6.07 Å². The molecule has 5 nitrogen and oxygen atoms in total. The average Bonchev–Trinajstić information content (AvgIpc) is 2.54. The maximum atomic E-state index is 11.9. The first-order valence-electron chi connectivity index (χ1n) is 6.55. The first-order chi connectivity index (χ1) is 11.0. The van der Waals surface area contributed by atoms with Crippen molar-refractivity contribution >= 4 is 46.3 Å². The minimum absolute atomic E-state index is 0.312. The standard InChI is InChI=1S/C16H14ClIN2O3/c1-22-14-8-10(7-13(18)15(14)23-2)9-19-20-16(21)11-3-5-12(17)6-4-11/h3-9H,1-2H3,(H,20,21). The molecule has 0 atom stereocenters. The van der Waals surface area contributed by atoms with Gasteiger partial charge in [0, 0.05) is 10.6 Å². The molecule has 0 spiro atoms. The molecular formula is C16H14ClIN2O3. The fourth-order valence-electron chi connectivity index (χ4n) is 1.84. The van der Waals surface area contributed by atoms with Crippen LogP contribution in [-0.4, -0.2) is 26.3 Å². The zero-order valence-corrected chi connectivity index (χ0v) is 15.4. The van der Waals surface area contributed by atoms with E-state index in [0.717, 1.165) is 9.13 Å². The summed E-state index contributed by atoms with van der Waals surface area (Å²) in [7, 11) is 3.15. The van der Waals surface area contributed by atoms with Crippen molar-refractivity contribution in [2.45, 2.75) is 0 Å². The number of rotatable bonds is 5.